The summed E-state index contributed by atoms with van der Waals surface area (Å²) in [6.07, 6.45) is 4.17. The Bertz CT molecular complexity index is 281. The Hall–Kier alpha value is -1.08. The minimum Gasteiger partial charge on any atom is -0.302 e. The second-order valence-electron chi connectivity index (χ2n) is 1.89. The highest BCUT2D eigenvalue weighted by atomic mass is 32.2. The van der Waals surface area contributed by atoms with Crippen LogP contribution < -0.4 is 5.43 Å². The van der Waals surface area contributed by atoms with E-state index in [9.17, 15) is 8.42 Å². The molecule has 0 saturated carbocycles. The molecule has 0 aromatic rings. The highest BCUT2D eigenvalue weighted by Crippen LogP contribution is 1.90. The van der Waals surface area contributed by atoms with Gasteiger partial charge in [0.15, 0.2) is 5.88 Å². The van der Waals surface area contributed by atoms with Crippen molar-refractivity contribution in [1.29, 1.82) is 0 Å². The van der Waals surface area contributed by atoms with E-state index in [0.29, 0.717) is 0 Å². The van der Waals surface area contributed by atoms with Crippen LogP contribution in [0.3, 0.4) is 0 Å². The number of hydrogen-bond acceptors (Lipinski definition) is 5. The molecule has 62 valence electrons. The van der Waals surface area contributed by atoms with Crippen molar-refractivity contribution in [3.05, 3.63) is 12.4 Å². The molecule has 1 rings (SSSR count). The van der Waals surface area contributed by atoms with E-state index < -0.39 is 16.0 Å². The third-order valence-corrected chi connectivity index (χ3v) is 1.51. The number of nitrogens with zero attached hydrogens (tertiary/aromatic N) is 2. The lowest BCUT2D eigenvalue weighted by molar-refractivity contribution is 0.385. The maximum atomic E-state index is 10.3. The Morgan fingerprint density at radius 1 is 1.64 bits per heavy atom. The number of nitrogens with one attached hydrogen (secondary N) is 1. The summed E-state index contributed by atoms with van der Waals surface area (Å²) in [5.41, 5.74) is 2.54. The SMILES string of the molecule is O=S(=O)(O)CN1C=NC=CN1. The lowest BCUT2D eigenvalue weighted by atomic mass is 10.8. The van der Waals surface area contributed by atoms with E-state index >= 15 is 0 Å². The minimum atomic E-state index is -3.99. The Morgan fingerprint density at radius 2 is 2.36 bits per heavy atom. The summed E-state index contributed by atoms with van der Waals surface area (Å²) >= 11 is 0. The maximum Gasteiger partial charge on any atom is 0.285 e. The second kappa shape index (κ2) is 2.89. The van der Waals surface area contributed by atoms with Crippen LogP contribution >= 0.6 is 0 Å². The van der Waals surface area contributed by atoms with Crippen molar-refractivity contribution in [3.63, 3.8) is 0 Å². The molecular formula is C4H7N3O3S. The molecule has 0 spiro atoms. The minimum absolute atomic E-state index is 0.513. The molecule has 0 aliphatic carbocycles. The van der Waals surface area contributed by atoms with Crippen LogP contribution in [0.25, 0.3) is 0 Å². The molecule has 0 fully saturated rings. The Balaban J connectivity index is 2.52. The van der Waals surface area contributed by atoms with Gasteiger partial charge in [0, 0.05) is 12.4 Å². The normalized spacial score (nSPS) is 16.6. The van der Waals surface area contributed by atoms with Gasteiger partial charge in [-0.15, -0.1) is 0 Å². The van der Waals surface area contributed by atoms with Gasteiger partial charge in [-0.1, -0.05) is 0 Å². The molecule has 1 aliphatic rings. The van der Waals surface area contributed by atoms with E-state index in [1.165, 1.54) is 18.7 Å². The molecule has 0 atom stereocenters. The first-order valence-electron chi connectivity index (χ1n) is 2.74. The third-order valence-electron chi connectivity index (χ3n) is 0.909. The molecule has 0 bridgehead atoms. The van der Waals surface area contributed by atoms with E-state index in [0.717, 1.165) is 5.01 Å². The topological polar surface area (TPSA) is 82.0 Å². The number of aliphatic imine (C=N–C) groups is 1. The van der Waals surface area contributed by atoms with Crippen molar-refractivity contribution in [2.75, 3.05) is 5.88 Å². The molecule has 11 heavy (non-hydrogen) atoms. The van der Waals surface area contributed by atoms with Gasteiger partial charge in [-0.3, -0.25) is 9.56 Å². The van der Waals surface area contributed by atoms with E-state index in [1.54, 1.807) is 0 Å². The molecule has 0 unspecified atom stereocenters. The van der Waals surface area contributed by atoms with Gasteiger partial charge in [-0.25, -0.2) is 4.99 Å². The van der Waals surface area contributed by atoms with Crippen LogP contribution in [0.4, 0.5) is 0 Å². The van der Waals surface area contributed by atoms with Crippen molar-refractivity contribution in [2.45, 2.75) is 0 Å². The summed E-state index contributed by atoms with van der Waals surface area (Å²) in [4.78, 5) is 3.62. The van der Waals surface area contributed by atoms with Crippen LogP contribution in [0, 0.1) is 0 Å². The molecule has 1 aliphatic heterocycles. The predicted octanol–water partition coefficient (Wildman–Crippen LogP) is -0.849. The van der Waals surface area contributed by atoms with Gasteiger partial charge in [0.1, 0.15) is 6.34 Å². The zero-order chi connectivity index (χ0) is 8.32. The van der Waals surface area contributed by atoms with Crippen LogP contribution in [0.2, 0.25) is 0 Å². The van der Waals surface area contributed by atoms with Gasteiger partial charge in [0.2, 0.25) is 0 Å². The average molecular weight is 177 g/mol. The van der Waals surface area contributed by atoms with Crippen LogP contribution in [-0.2, 0) is 10.1 Å². The summed E-state index contributed by atoms with van der Waals surface area (Å²) in [7, 11) is -3.99. The fourth-order valence-corrected chi connectivity index (χ4v) is 1.06. The molecule has 0 aromatic carbocycles. The van der Waals surface area contributed by atoms with Crippen molar-refractivity contribution in [2.24, 2.45) is 4.99 Å². The average Bonchev–Trinajstić information content (AvgIpc) is 1.85. The van der Waals surface area contributed by atoms with E-state index in [-0.39, 0.29) is 0 Å². The lowest BCUT2D eigenvalue weighted by Gasteiger charge is -2.18. The second-order valence-corrected chi connectivity index (χ2v) is 3.31. The Morgan fingerprint density at radius 3 is 2.82 bits per heavy atom. The highest BCUT2D eigenvalue weighted by molar-refractivity contribution is 7.85. The van der Waals surface area contributed by atoms with Gasteiger partial charge in [0.25, 0.3) is 10.1 Å². The molecule has 7 heteroatoms. The zero-order valence-corrected chi connectivity index (χ0v) is 6.32. The number of hydrazine groups is 1. The molecule has 0 amide bonds. The predicted molar refractivity (Wildman–Crippen MR) is 39.0 cm³/mol. The Labute approximate surface area is 63.9 Å². The number of hydrogen-bond donors (Lipinski definition) is 2. The van der Waals surface area contributed by atoms with Gasteiger partial charge in [0.05, 0.1) is 0 Å². The van der Waals surface area contributed by atoms with Gasteiger partial charge >= 0.3 is 0 Å². The molecule has 6 nitrogen and oxygen atoms in total. The van der Waals surface area contributed by atoms with Crippen LogP contribution in [-0.4, -0.2) is 30.2 Å². The van der Waals surface area contributed by atoms with Crippen LogP contribution in [0.15, 0.2) is 17.4 Å². The van der Waals surface area contributed by atoms with E-state index in [2.05, 4.69) is 10.4 Å². The van der Waals surface area contributed by atoms with E-state index in [4.69, 9.17) is 4.55 Å². The molecule has 0 radical (unpaired) electrons. The molecule has 0 aromatic heterocycles. The van der Waals surface area contributed by atoms with Crippen molar-refractivity contribution in [1.82, 2.24) is 10.4 Å². The third kappa shape index (κ3) is 3.01. The smallest absolute Gasteiger partial charge is 0.285 e. The largest absolute Gasteiger partial charge is 0.302 e. The van der Waals surface area contributed by atoms with Crippen LogP contribution in [0.1, 0.15) is 0 Å². The lowest BCUT2D eigenvalue weighted by Crippen LogP contribution is -2.38. The maximum absolute atomic E-state index is 10.3. The highest BCUT2D eigenvalue weighted by Gasteiger charge is 2.09. The monoisotopic (exact) mass is 177 g/mol. The summed E-state index contributed by atoms with van der Waals surface area (Å²) < 4.78 is 28.9. The number of rotatable bonds is 2. The Kier molecular flexibility index (Phi) is 2.11. The molecule has 2 N–H and O–H groups in total. The van der Waals surface area contributed by atoms with Gasteiger partial charge in [-0.05, 0) is 0 Å². The first kappa shape index (κ1) is 8.02. The fourth-order valence-electron chi connectivity index (χ4n) is 0.571. The summed E-state index contributed by atoms with van der Waals surface area (Å²) in [6.45, 7) is 0. The summed E-state index contributed by atoms with van der Waals surface area (Å²) in [5, 5.41) is 1.13. The van der Waals surface area contributed by atoms with E-state index in [1.807, 2.05) is 0 Å². The van der Waals surface area contributed by atoms with Crippen LogP contribution in [0.5, 0.6) is 0 Å². The van der Waals surface area contributed by atoms with Gasteiger partial charge in [-0.2, -0.15) is 8.42 Å². The molecule has 1 heterocycles. The first-order valence-corrected chi connectivity index (χ1v) is 4.35. The van der Waals surface area contributed by atoms with Crippen molar-refractivity contribution < 1.29 is 13.0 Å². The molecule has 0 saturated heterocycles. The standard InChI is InChI=1S/C4H7N3O3S/c8-11(9,10)4-7-3-5-1-2-6-7/h1-3,6H,4H2,(H,8,9,10). The fraction of sp³-hybridized carbons (Fsp3) is 0.250. The first-order chi connectivity index (χ1) is 5.08. The molecular weight excluding hydrogens is 170 g/mol. The quantitative estimate of drug-likeness (QED) is 0.537. The van der Waals surface area contributed by atoms with Crippen molar-refractivity contribution >= 4 is 16.5 Å². The summed E-state index contributed by atoms with van der Waals surface area (Å²) in [5.74, 6) is -0.513. The van der Waals surface area contributed by atoms with Gasteiger partial charge < -0.3 is 5.43 Å². The van der Waals surface area contributed by atoms with Crippen molar-refractivity contribution in [3.8, 4) is 0 Å². The zero-order valence-electron chi connectivity index (χ0n) is 5.51. The summed E-state index contributed by atoms with van der Waals surface area (Å²) in [6, 6.07) is 0.